The number of nitrogens with zero attached hydrogens (tertiary/aromatic N) is 1. The fraction of sp³-hybridized carbons (Fsp3) is 0.263. The number of halogens is 1. The van der Waals surface area contributed by atoms with E-state index in [2.05, 4.69) is 27.8 Å². The molecule has 4 nitrogen and oxygen atoms in total. The molecule has 0 amide bonds. The van der Waals surface area contributed by atoms with E-state index in [0.29, 0.717) is 28.0 Å². The van der Waals surface area contributed by atoms with Gasteiger partial charge in [0, 0.05) is 16.2 Å². The summed E-state index contributed by atoms with van der Waals surface area (Å²) in [4.78, 5) is 16.7. The summed E-state index contributed by atoms with van der Waals surface area (Å²) in [6.45, 7) is 2.11. The van der Waals surface area contributed by atoms with E-state index < -0.39 is 12.1 Å². The molecule has 1 N–H and O–H groups in total. The smallest absolute Gasteiger partial charge is 0.338 e. The fourth-order valence-electron chi connectivity index (χ4n) is 2.99. The number of aliphatic hydroxyl groups excluding tert-OH is 1. The highest BCUT2D eigenvalue weighted by atomic mass is 79.9. The first-order valence-corrected chi connectivity index (χ1v) is 8.61. The molecular weight excluding hydrogens is 370 g/mol. The van der Waals surface area contributed by atoms with Crippen LogP contribution in [0.3, 0.4) is 0 Å². The number of ether oxygens (including phenoxy) is 1. The highest BCUT2D eigenvalue weighted by Crippen LogP contribution is 2.37. The van der Waals surface area contributed by atoms with Crippen LogP contribution in [0.15, 0.2) is 34.9 Å². The van der Waals surface area contributed by atoms with E-state index in [4.69, 9.17) is 4.74 Å². The van der Waals surface area contributed by atoms with Gasteiger partial charge in [-0.15, -0.1) is 0 Å². The second-order valence-corrected chi connectivity index (χ2v) is 6.67. The number of pyridine rings is 1. The summed E-state index contributed by atoms with van der Waals surface area (Å²) in [6.07, 6.45) is 4.41. The molecule has 0 bridgehead atoms. The first kappa shape index (κ1) is 16.9. The van der Waals surface area contributed by atoms with Crippen molar-refractivity contribution in [3.05, 3.63) is 62.9 Å². The lowest BCUT2D eigenvalue weighted by molar-refractivity contribution is -0.133. The van der Waals surface area contributed by atoms with E-state index in [1.165, 1.54) is 7.11 Å². The van der Waals surface area contributed by atoms with Gasteiger partial charge in [0.05, 0.1) is 18.4 Å². The molecule has 3 rings (SSSR count). The first-order chi connectivity index (χ1) is 11.5. The summed E-state index contributed by atoms with van der Waals surface area (Å²) in [6, 6.07) is 7.67. The lowest BCUT2D eigenvalue weighted by Crippen LogP contribution is -2.08. The van der Waals surface area contributed by atoms with Gasteiger partial charge < -0.3 is 9.84 Å². The van der Waals surface area contributed by atoms with Crippen molar-refractivity contribution in [3.63, 3.8) is 0 Å². The topological polar surface area (TPSA) is 59.4 Å². The van der Waals surface area contributed by atoms with E-state index in [-0.39, 0.29) is 0 Å². The lowest BCUT2D eigenvalue weighted by Gasteiger charge is -2.16. The van der Waals surface area contributed by atoms with Crippen molar-refractivity contribution in [2.45, 2.75) is 25.9 Å². The van der Waals surface area contributed by atoms with Crippen molar-refractivity contribution in [3.8, 4) is 0 Å². The normalized spacial score (nSPS) is 15.8. The van der Waals surface area contributed by atoms with Gasteiger partial charge in [0.2, 0.25) is 0 Å². The molecule has 2 aromatic rings. The standard InChI is InChI=1S/C19H18BrNO3/c1-3-4-11-5-6-14-15(7-11)16(19(23)24-2)9-12-8-13(20)10-21-17(12)18(14)22/h5-10,18,22H,3-4H2,1-2H3. The monoisotopic (exact) mass is 387 g/mol. The van der Waals surface area contributed by atoms with Gasteiger partial charge in [-0.05, 0) is 51.2 Å². The molecule has 124 valence electrons. The van der Waals surface area contributed by atoms with Crippen LogP contribution in [0.2, 0.25) is 0 Å². The highest BCUT2D eigenvalue weighted by molar-refractivity contribution is 9.10. The minimum Gasteiger partial charge on any atom is -0.465 e. The summed E-state index contributed by atoms with van der Waals surface area (Å²) in [5, 5.41) is 10.8. The van der Waals surface area contributed by atoms with Crippen LogP contribution in [0.4, 0.5) is 0 Å². The van der Waals surface area contributed by atoms with Crippen LogP contribution in [0, 0.1) is 0 Å². The maximum absolute atomic E-state index is 12.3. The maximum atomic E-state index is 12.3. The number of hydrogen-bond acceptors (Lipinski definition) is 4. The number of methoxy groups -OCH3 is 1. The zero-order chi connectivity index (χ0) is 17.3. The van der Waals surface area contributed by atoms with E-state index in [1.807, 2.05) is 24.3 Å². The summed E-state index contributed by atoms with van der Waals surface area (Å²) >= 11 is 3.39. The van der Waals surface area contributed by atoms with Crippen LogP contribution in [0.5, 0.6) is 0 Å². The number of benzene rings is 1. The van der Waals surface area contributed by atoms with E-state index in [1.54, 1.807) is 12.3 Å². The van der Waals surface area contributed by atoms with Gasteiger partial charge in [0.15, 0.2) is 0 Å². The van der Waals surface area contributed by atoms with Crippen LogP contribution < -0.4 is 0 Å². The molecular formula is C19H18BrNO3. The lowest BCUT2D eigenvalue weighted by atomic mass is 9.93. The Morgan fingerprint density at radius 1 is 1.38 bits per heavy atom. The Morgan fingerprint density at radius 2 is 2.17 bits per heavy atom. The van der Waals surface area contributed by atoms with Gasteiger partial charge in [-0.1, -0.05) is 31.5 Å². The number of fused-ring (bicyclic) bond motifs is 2. The molecule has 0 saturated heterocycles. The maximum Gasteiger partial charge on any atom is 0.338 e. The third kappa shape index (κ3) is 3.01. The van der Waals surface area contributed by atoms with Crippen molar-refractivity contribution >= 4 is 33.5 Å². The Hall–Kier alpha value is -1.98. The van der Waals surface area contributed by atoms with Crippen molar-refractivity contribution in [2.24, 2.45) is 0 Å². The number of rotatable bonds is 3. The average molecular weight is 388 g/mol. The van der Waals surface area contributed by atoms with Gasteiger partial charge in [0.1, 0.15) is 6.10 Å². The molecule has 1 atom stereocenters. The third-order valence-electron chi connectivity index (χ3n) is 4.12. The van der Waals surface area contributed by atoms with Gasteiger partial charge in [0.25, 0.3) is 0 Å². The Kier molecular flexibility index (Phi) is 4.83. The number of carbonyl (C=O) groups excluding carboxylic acids is 1. The van der Waals surface area contributed by atoms with Crippen LogP contribution in [-0.2, 0) is 16.0 Å². The summed E-state index contributed by atoms with van der Waals surface area (Å²) in [7, 11) is 1.36. The van der Waals surface area contributed by atoms with Crippen LogP contribution >= 0.6 is 15.9 Å². The molecule has 0 fully saturated rings. The summed E-state index contributed by atoms with van der Waals surface area (Å²) in [5.41, 5.74) is 4.16. The predicted molar refractivity (Wildman–Crippen MR) is 96.3 cm³/mol. The quantitative estimate of drug-likeness (QED) is 0.811. The molecule has 0 saturated carbocycles. The van der Waals surface area contributed by atoms with E-state index in [0.717, 1.165) is 22.9 Å². The molecule has 1 aromatic heterocycles. The van der Waals surface area contributed by atoms with Gasteiger partial charge in [-0.2, -0.15) is 0 Å². The molecule has 1 unspecified atom stereocenters. The Bertz CT molecular complexity index is 829. The minimum atomic E-state index is -0.891. The molecule has 1 aliphatic carbocycles. The number of aromatic nitrogens is 1. The van der Waals surface area contributed by atoms with Crippen LogP contribution in [0.1, 0.15) is 47.4 Å². The SMILES string of the molecule is CCCc1ccc2c(c1)C(C(=O)OC)=Cc1cc(Br)cnc1C2O. The Balaban J connectivity index is 2.27. The third-order valence-corrected chi connectivity index (χ3v) is 4.56. The number of hydrogen-bond donors (Lipinski definition) is 1. The summed E-state index contributed by atoms with van der Waals surface area (Å²) in [5.74, 6) is -0.426. The molecule has 0 aliphatic heterocycles. The van der Waals surface area contributed by atoms with Gasteiger partial charge in [-0.25, -0.2) is 4.79 Å². The molecule has 0 radical (unpaired) electrons. The zero-order valence-electron chi connectivity index (χ0n) is 13.5. The van der Waals surface area contributed by atoms with Crippen LogP contribution in [-0.4, -0.2) is 23.2 Å². The van der Waals surface area contributed by atoms with E-state index >= 15 is 0 Å². The first-order valence-electron chi connectivity index (χ1n) is 7.81. The highest BCUT2D eigenvalue weighted by Gasteiger charge is 2.27. The molecule has 1 aromatic carbocycles. The summed E-state index contributed by atoms with van der Waals surface area (Å²) < 4.78 is 5.75. The molecule has 1 heterocycles. The molecule has 1 aliphatic rings. The van der Waals surface area contributed by atoms with Gasteiger partial charge >= 0.3 is 5.97 Å². The van der Waals surface area contributed by atoms with Gasteiger partial charge in [-0.3, -0.25) is 4.98 Å². The number of aliphatic hydroxyl groups is 1. The predicted octanol–water partition coefficient (Wildman–Crippen LogP) is 3.91. The number of carbonyl (C=O) groups is 1. The van der Waals surface area contributed by atoms with E-state index in [9.17, 15) is 9.90 Å². The van der Waals surface area contributed by atoms with Crippen molar-refractivity contribution in [1.82, 2.24) is 4.98 Å². The van der Waals surface area contributed by atoms with Crippen LogP contribution in [0.25, 0.3) is 11.6 Å². The zero-order valence-corrected chi connectivity index (χ0v) is 15.1. The Labute approximate surface area is 149 Å². The average Bonchev–Trinajstić information content (AvgIpc) is 2.69. The van der Waals surface area contributed by atoms with Crippen molar-refractivity contribution in [2.75, 3.05) is 7.11 Å². The second-order valence-electron chi connectivity index (χ2n) is 5.75. The molecule has 5 heteroatoms. The largest absolute Gasteiger partial charge is 0.465 e. The fourth-order valence-corrected chi connectivity index (χ4v) is 3.34. The molecule has 24 heavy (non-hydrogen) atoms. The second kappa shape index (κ2) is 6.87. The van der Waals surface area contributed by atoms with Crippen molar-refractivity contribution < 1.29 is 14.6 Å². The number of esters is 1. The number of aryl methyl sites for hydroxylation is 1. The Morgan fingerprint density at radius 3 is 2.88 bits per heavy atom. The molecule has 0 spiro atoms. The van der Waals surface area contributed by atoms with Crippen molar-refractivity contribution in [1.29, 1.82) is 0 Å². The minimum absolute atomic E-state index is 0.426.